The maximum absolute atomic E-state index is 12.9. The number of amides is 2. The predicted molar refractivity (Wildman–Crippen MR) is 105 cm³/mol. The highest BCUT2D eigenvalue weighted by Gasteiger charge is 2.24. The molecule has 1 fully saturated rings. The van der Waals surface area contributed by atoms with Crippen molar-refractivity contribution in [3.05, 3.63) is 52.5 Å². The number of nitrogens with zero attached hydrogens (tertiary/aromatic N) is 1. The molecule has 2 amide bonds. The summed E-state index contributed by atoms with van der Waals surface area (Å²) in [6.07, 6.45) is 4.78. The van der Waals surface area contributed by atoms with Crippen molar-refractivity contribution in [2.45, 2.75) is 31.7 Å². The Morgan fingerprint density at radius 1 is 1.04 bits per heavy atom. The third-order valence-corrected chi connectivity index (χ3v) is 5.48. The molecule has 3 rings (SSSR count). The monoisotopic (exact) mass is 389 g/mol. The normalized spacial score (nSPS) is 16.3. The van der Waals surface area contributed by atoms with Crippen LogP contribution in [0, 0.1) is 5.82 Å². The zero-order valence-corrected chi connectivity index (χ0v) is 15.9. The van der Waals surface area contributed by atoms with E-state index in [-0.39, 0.29) is 6.04 Å². The number of benzene rings is 1. The van der Waals surface area contributed by atoms with Crippen molar-refractivity contribution in [3.63, 3.8) is 0 Å². The highest BCUT2D eigenvalue weighted by molar-refractivity contribution is 7.08. The molecule has 0 radical (unpaired) electrons. The Labute approximate surface area is 162 Å². The van der Waals surface area contributed by atoms with Crippen LogP contribution in [0.25, 0.3) is 0 Å². The largest absolute Gasteiger partial charge is 0.346 e. The number of carbonyl (C=O) groups excluding carboxylic acids is 2. The van der Waals surface area contributed by atoms with E-state index in [1.807, 2.05) is 5.38 Å². The molecule has 0 saturated carbocycles. The first-order chi connectivity index (χ1) is 13.1. The molecule has 2 N–H and O–H groups in total. The zero-order chi connectivity index (χ0) is 19.1. The van der Waals surface area contributed by atoms with Gasteiger partial charge in [-0.2, -0.15) is 11.3 Å². The minimum Gasteiger partial charge on any atom is -0.346 e. The molecule has 1 aliphatic rings. The number of carbonyl (C=O) groups is 2. The fraction of sp³-hybridized carbons (Fsp3) is 0.400. The van der Waals surface area contributed by atoms with Gasteiger partial charge in [0.1, 0.15) is 5.82 Å². The topological polar surface area (TPSA) is 61.4 Å². The van der Waals surface area contributed by atoms with E-state index in [0.29, 0.717) is 12.2 Å². The van der Waals surface area contributed by atoms with E-state index in [0.717, 1.165) is 25.9 Å². The molecule has 1 aliphatic heterocycles. The number of likely N-dealkylation sites (tertiary alicyclic amines) is 1. The van der Waals surface area contributed by atoms with Crippen LogP contribution in [0.2, 0.25) is 0 Å². The summed E-state index contributed by atoms with van der Waals surface area (Å²) < 4.78 is 12.9. The molecule has 2 heterocycles. The van der Waals surface area contributed by atoms with E-state index >= 15 is 0 Å². The maximum Gasteiger partial charge on any atom is 0.313 e. The standard InChI is InChI=1S/C20H24FN3O2S/c21-16-5-7-17(8-6-16)23-20(26)19(25)22-13-18(15-9-12-27-14-15)24-10-3-1-2-4-11-24/h5-9,12,14,18H,1-4,10-11,13H2,(H,22,25)(H,23,26)/t18-/m1/s1. The van der Waals surface area contributed by atoms with Gasteiger partial charge in [0.15, 0.2) is 0 Å². The van der Waals surface area contributed by atoms with Gasteiger partial charge in [-0.1, -0.05) is 12.8 Å². The summed E-state index contributed by atoms with van der Waals surface area (Å²) in [5, 5.41) is 9.37. The van der Waals surface area contributed by atoms with Gasteiger partial charge in [0.25, 0.3) is 0 Å². The van der Waals surface area contributed by atoms with E-state index in [2.05, 4.69) is 27.0 Å². The average Bonchev–Trinajstić information content (AvgIpc) is 3.06. The summed E-state index contributed by atoms with van der Waals surface area (Å²) in [6, 6.07) is 7.46. The van der Waals surface area contributed by atoms with Gasteiger partial charge >= 0.3 is 11.8 Å². The molecule has 1 atom stereocenters. The smallest absolute Gasteiger partial charge is 0.313 e. The minimum atomic E-state index is -0.749. The summed E-state index contributed by atoms with van der Waals surface area (Å²) >= 11 is 1.63. The van der Waals surface area contributed by atoms with Crippen LogP contribution in [-0.4, -0.2) is 36.3 Å². The molecule has 0 unspecified atom stereocenters. The average molecular weight is 389 g/mol. The molecule has 1 aromatic carbocycles. The number of nitrogens with one attached hydrogen (secondary N) is 2. The second-order valence-electron chi connectivity index (χ2n) is 6.69. The molecule has 0 aliphatic carbocycles. The van der Waals surface area contributed by atoms with E-state index in [9.17, 15) is 14.0 Å². The van der Waals surface area contributed by atoms with Crippen molar-refractivity contribution in [1.82, 2.24) is 10.2 Å². The van der Waals surface area contributed by atoms with Gasteiger partial charge < -0.3 is 10.6 Å². The summed E-state index contributed by atoms with van der Waals surface area (Å²) in [4.78, 5) is 26.7. The van der Waals surface area contributed by atoms with Crippen molar-refractivity contribution in [2.75, 3.05) is 25.0 Å². The van der Waals surface area contributed by atoms with Crippen molar-refractivity contribution < 1.29 is 14.0 Å². The molecule has 27 heavy (non-hydrogen) atoms. The Kier molecular flexibility index (Phi) is 6.95. The predicted octanol–water partition coefficient (Wildman–Crippen LogP) is 3.56. The lowest BCUT2D eigenvalue weighted by Crippen LogP contribution is -2.42. The van der Waals surface area contributed by atoms with Crippen LogP contribution in [-0.2, 0) is 9.59 Å². The number of rotatable bonds is 5. The van der Waals surface area contributed by atoms with Gasteiger partial charge in [0, 0.05) is 12.2 Å². The Morgan fingerprint density at radius 2 is 1.74 bits per heavy atom. The van der Waals surface area contributed by atoms with Gasteiger partial charge in [-0.05, 0) is 72.6 Å². The van der Waals surface area contributed by atoms with Gasteiger partial charge in [-0.15, -0.1) is 0 Å². The van der Waals surface area contributed by atoms with Gasteiger partial charge in [0.2, 0.25) is 0 Å². The Bertz CT molecular complexity index is 741. The van der Waals surface area contributed by atoms with Crippen LogP contribution >= 0.6 is 11.3 Å². The van der Waals surface area contributed by atoms with E-state index in [1.54, 1.807) is 11.3 Å². The summed E-state index contributed by atoms with van der Waals surface area (Å²) in [5.74, 6) is -1.83. The first kappa shape index (κ1) is 19.5. The van der Waals surface area contributed by atoms with Crippen LogP contribution in [0.15, 0.2) is 41.1 Å². The number of hydrogen-bond donors (Lipinski definition) is 2. The van der Waals surface area contributed by atoms with Crippen molar-refractivity contribution in [2.24, 2.45) is 0 Å². The molecule has 1 aromatic heterocycles. The first-order valence-electron chi connectivity index (χ1n) is 9.24. The van der Waals surface area contributed by atoms with Crippen LogP contribution in [0.1, 0.15) is 37.3 Å². The second-order valence-corrected chi connectivity index (χ2v) is 7.47. The van der Waals surface area contributed by atoms with Crippen molar-refractivity contribution >= 4 is 28.8 Å². The Hall–Kier alpha value is -2.25. The number of halogens is 1. The van der Waals surface area contributed by atoms with Crippen molar-refractivity contribution in [3.8, 4) is 0 Å². The summed E-state index contributed by atoms with van der Waals surface area (Å²) in [5.41, 5.74) is 1.56. The zero-order valence-electron chi connectivity index (χ0n) is 15.1. The highest BCUT2D eigenvalue weighted by Crippen LogP contribution is 2.25. The van der Waals surface area contributed by atoms with Crippen LogP contribution in [0.4, 0.5) is 10.1 Å². The molecule has 144 valence electrons. The SMILES string of the molecule is O=C(NC[C@H](c1ccsc1)N1CCCCCC1)C(=O)Nc1ccc(F)cc1. The molecule has 0 spiro atoms. The van der Waals surface area contributed by atoms with Crippen LogP contribution < -0.4 is 10.6 Å². The van der Waals surface area contributed by atoms with Gasteiger partial charge in [-0.3, -0.25) is 14.5 Å². The Morgan fingerprint density at radius 3 is 2.37 bits per heavy atom. The number of hydrogen-bond acceptors (Lipinski definition) is 4. The summed E-state index contributed by atoms with van der Waals surface area (Å²) in [6.45, 7) is 2.38. The molecule has 1 saturated heterocycles. The minimum absolute atomic E-state index is 0.0666. The lowest BCUT2D eigenvalue weighted by molar-refractivity contribution is -0.136. The third kappa shape index (κ3) is 5.61. The lowest BCUT2D eigenvalue weighted by atomic mass is 10.1. The quantitative estimate of drug-likeness (QED) is 0.769. The summed E-state index contributed by atoms with van der Waals surface area (Å²) in [7, 11) is 0. The fourth-order valence-electron chi connectivity index (χ4n) is 3.32. The molecular formula is C20H24FN3O2S. The second kappa shape index (κ2) is 9.62. The highest BCUT2D eigenvalue weighted by atomic mass is 32.1. The van der Waals surface area contributed by atoms with E-state index in [1.165, 1.54) is 42.7 Å². The molecular weight excluding hydrogens is 365 g/mol. The Balaban J connectivity index is 1.59. The number of thiophene rings is 1. The third-order valence-electron chi connectivity index (χ3n) is 4.77. The first-order valence-corrected chi connectivity index (χ1v) is 10.2. The molecule has 5 nitrogen and oxygen atoms in total. The van der Waals surface area contributed by atoms with Gasteiger partial charge in [0.05, 0.1) is 6.04 Å². The van der Waals surface area contributed by atoms with E-state index in [4.69, 9.17) is 0 Å². The fourth-order valence-corrected chi connectivity index (χ4v) is 4.03. The van der Waals surface area contributed by atoms with Gasteiger partial charge in [-0.25, -0.2) is 4.39 Å². The number of anilines is 1. The molecule has 7 heteroatoms. The molecule has 0 bridgehead atoms. The molecule has 2 aromatic rings. The van der Waals surface area contributed by atoms with E-state index < -0.39 is 17.6 Å². The maximum atomic E-state index is 12.9. The van der Waals surface area contributed by atoms with Crippen molar-refractivity contribution in [1.29, 1.82) is 0 Å². The van der Waals surface area contributed by atoms with Crippen LogP contribution in [0.3, 0.4) is 0 Å². The lowest BCUT2D eigenvalue weighted by Gasteiger charge is -2.30. The van der Waals surface area contributed by atoms with Crippen LogP contribution in [0.5, 0.6) is 0 Å².